The second-order valence-corrected chi connectivity index (χ2v) is 6.87. The molecule has 1 aliphatic heterocycles. The number of benzene rings is 1. The van der Waals surface area contributed by atoms with Gasteiger partial charge in [0, 0.05) is 30.4 Å². The third kappa shape index (κ3) is 2.85. The maximum absolute atomic E-state index is 12.5. The van der Waals surface area contributed by atoms with E-state index in [2.05, 4.69) is 9.71 Å². The molecular weight excluding hydrogens is 290 g/mol. The van der Waals surface area contributed by atoms with E-state index in [1.807, 2.05) is 0 Å². The lowest BCUT2D eigenvalue weighted by Crippen LogP contribution is -2.29. The normalized spacial score (nSPS) is 19.1. The summed E-state index contributed by atoms with van der Waals surface area (Å²) in [4.78, 5) is 4.32. The van der Waals surface area contributed by atoms with Crippen LogP contribution in [0.5, 0.6) is 0 Å². The molecule has 0 radical (unpaired) electrons. The number of hydrogen-bond acceptors (Lipinski definition) is 5. The van der Waals surface area contributed by atoms with Gasteiger partial charge in [-0.3, -0.25) is 4.98 Å². The molecule has 0 aliphatic carbocycles. The Balaban J connectivity index is 1.93. The number of rotatable bonds is 4. The van der Waals surface area contributed by atoms with Gasteiger partial charge in [0.05, 0.1) is 12.1 Å². The Morgan fingerprint density at radius 2 is 2.24 bits per heavy atom. The Morgan fingerprint density at radius 1 is 1.38 bits per heavy atom. The van der Waals surface area contributed by atoms with Gasteiger partial charge in [-0.15, -0.1) is 0 Å². The smallest absolute Gasteiger partial charge is 0.242 e. The van der Waals surface area contributed by atoms with E-state index in [1.165, 1.54) is 6.07 Å². The minimum absolute atomic E-state index is 0.159. The highest BCUT2D eigenvalue weighted by molar-refractivity contribution is 7.89. The summed E-state index contributed by atoms with van der Waals surface area (Å²) in [6, 6.07) is 6.59. The highest BCUT2D eigenvalue weighted by Gasteiger charge is 2.22. The van der Waals surface area contributed by atoms with Crippen LogP contribution in [-0.2, 0) is 14.8 Å². The van der Waals surface area contributed by atoms with Gasteiger partial charge in [0.25, 0.3) is 0 Å². The first-order valence-electron chi connectivity index (χ1n) is 6.78. The molecule has 2 heterocycles. The predicted molar refractivity (Wildman–Crippen MR) is 80.3 cm³/mol. The van der Waals surface area contributed by atoms with Gasteiger partial charge in [-0.25, -0.2) is 13.1 Å². The SMILES string of the molecule is Nc1ccc(S(=O)(=O)NCC2CCOC2)c2ncccc12. The van der Waals surface area contributed by atoms with Crippen LogP contribution in [0.4, 0.5) is 5.69 Å². The summed E-state index contributed by atoms with van der Waals surface area (Å²) in [6.07, 6.45) is 2.44. The number of aromatic nitrogens is 1. The van der Waals surface area contributed by atoms with Gasteiger partial charge in [-0.2, -0.15) is 0 Å². The molecule has 112 valence electrons. The molecule has 0 amide bonds. The van der Waals surface area contributed by atoms with Gasteiger partial charge < -0.3 is 10.5 Å². The molecule has 3 N–H and O–H groups in total. The Labute approximate surface area is 123 Å². The van der Waals surface area contributed by atoms with Crippen molar-refractivity contribution in [1.82, 2.24) is 9.71 Å². The first-order chi connectivity index (χ1) is 10.1. The van der Waals surface area contributed by atoms with Crippen molar-refractivity contribution in [2.75, 3.05) is 25.5 Å². The van der Waals surface area contributed by atoms with Crippen molar-refractivity contribution in [2.45, 2.75) is 11.3 Å². The van der Waals surface area contributed by atoms with Crippen molar-refractivity contribution in [3.05, 3.63) is 30.5 Å². The van der Waals surface area contributed by atoms with E-state index in [0.29, 0.717) is 36.3 Å². The summed E-state index contributed by atoms with van der Waals surface area (Å²) in [5.74, 6) is 0.229. The topological polar surface area (TPSA) is 94.3 Å². The molecule has 0 saturated carbocycles. The van der Waals surface area contributed by atoms with Crippen LogP contribution in [0.1, 0.15) is 6.42 Å². The zero-order valence-corrected chi connectivity index (χ0v) is 12.3. The summed E-state index contributed by atoms with van der Waals surface area (Å²) in [5, 5.41) is 0.643. The number of sulfonamides is 1. The number of nitrogen functional groups attached to an aromatic ring is 1. The maximum Gasteiger partial charge on any atom is 0.242 e. The van der Waals surface area contributed by atoms with E-state index in [4.69, 9.17) is 10.5 Å². The second kappa shape index (κ2) is 5.59. The lowest BCUT2D eigenvalue weighted by molar-refractivity contribution is 0.186. The largest absolute Gasteiger partial charge is 0.398 e. The van der Waals surface area contributed by atoms with Gasteiger partial charge in [0.15, 0.2) is 0 Å². The molecule has 7 heteroatoms. The zero-order chi connectivity index (χ0) is 14.9. The van der Waals surface area contributed by atoms with E-state index in [9.17, 15) is 8.42 Å². The molecule has 1 saturated heterocycles. The number of hydrogen-bond donors (Lipinski definition) is 2. The number of nitrogens with two attached hydrogens (primary N) is 1. The number of pyridine rings is 1. The van der Waals surface area contributed by atoms with Gasteiger partial charge in [-0.1, -0.05) is 0 Å². The average Bonchev–Trinajstić information content (AvgIpc) is 2.99. The second-order valence-electron chi connectivity index (χ2n) is 5.13. The number of anilines is 1. The van der Waals surface area contributed by atoms with Gasteiger partial charge in [0.1, 0.15) is 4.90 Å². The van der Waals surface area contributed by atoms with Crippen LogP contribution in [0.2, 0.25) is 0 Å². The van der Waals surface area contributed by atoms with Crippen LogP contribution in [0, 0.1) is 5.92 Å². The molecule has 6 nitrogen and oxygen atoms in total. The van der Waals surface area contributed by atoms with Crippen LogP contribution >= 0.6 is 0 Å². The lowest BCUT2D eigenvalue weighted by Gasteiger charge is -2.12. The molecule has 21 heavy (non-hydrogen) atoms. The van der Waals surface area contributed by atoms with Crippen molar-refractivity contribution in [3.63, 3.8) is 0 Å². The van der Waals surface area contributed by atoms with Crippen LogP contribution in [0.15, 0.2) is 35.4 Å². The van der Waals surface area contributed by atoms with Crippen LogP contribution in [-0.4, -0.2) is 33.2 Å². The lowest BCUT2D eigenvalue weighted by atomic mass is 10.1. The fraction of sp³-hybridized carbons (Fsp3) is 0.357. The minimum Gasteiger partial charge on any atom is -0.398 e. The predicted octanol–water partition coefficient (Wildman–Crippen LogP) is 1.13. The van der Waals surface area contributed by atoms with Gasteiger partial charge in [0.2, 0.25) is 10.0 Å². The van der Waals surface area contributed by atoms with Crippen LogP contribution in [0.25, 0.3) is 10.9 Å². The summed E-state index contributed by atoms with van der Waals surface area (Å²) in [7, 11) is -3.61. The number of nitrogens with one attached hydrogen (secondary N) is 1. The molecule has 1 aromatic carbocycles. The van der Waals surface area contributed by atoms with Crippen molar-refractivity contribution in [2.24, 2.45) is 5.92 Å². The Morgan fingerprint density at radius 3 is 3.00 bits per heavy atom. The van der Waals surface area contributed by atoms with E-state index in [0.717, 1.165) is 6.42 Å². The molecule has 0 spiro atoms. The summed E-state index contributed by atoms with van der Waals surface area (Å²) < 4.78 is 32.9. The number of nitrogens with zero attached hydrogens (tertiary/aromatic N) is 1. The minimum atomic E-state index is -3.61. The first kappa shape index (κ1) is 14.2. The highest BCUT2D eigenvalue weighted by Crippen LogP contribution is 2.25. The third-order valence-electron chi connectivity index (χ3n) is 3.64. The molecule has 0 bridgehead atoms. The maximum atomic E-state index is 12.5. The zero-order valence-electron chi connectivity index (χ0n) is 11.5. The Bertz CT molecular complexity index is 755. The molecule has 1 atom stereocenters. The van der Waals surface area contributed by atoms with Crippen molar-refractivity contribution in [3.8, 4) is 0 Å². The Kier molecular flexibility index (Phi) is 3.79. The van der Waals surface area contributed by atoms with E-state index >= 15 is 0 Å². The number of ether oxygens (including phenoxy) is 1. The monoisotopic (exact) mass is 307 g/mol. The van der Waals surface area contributed by atoms with E-state index in [-0.39, 0.29) is 10.8 Å². The third-order valence-corrected chi connectivity index (χ3v) is 5.10. The average molecular weight is 307 g/mol. The van der Waals surface area contributed by atoms with Crippen molar-refractivity contribution >= 4 is 26.6 Å². The Hall–Kier alpha value is -1.70. The molecular formula is C14H17N3O3S. The summed E-state index contributed by atoms with van der Waals surface area (Å²) >= 11 is 0. The fourth-order valence-corrected chi connectivity index (χ4v) is 3.71. The molecule has 1 aromatic heterocycles. The van der Waals surface area contributed by atoms with Gasteiger partial charge in [-0.05, 0) is 36.6 Å². The van der Waals surface area contributed by atoms with Crippen LogP contribution in [0.3, 0.4) is 0 Å². The molecule has 3 rings (SSSR count). The summed E-state index contributed by atoms with van der Waals surface area (Å²) in [6.45, 7) is 1.67. The van der Waals surface area contributed by atoms with Crippen molar-refractivity contribution < 1.29 is 13.2 Å². The fourth-order valence-electron chi connectivity index (χ4n) is 2.44. The number of fused-ring (bicyclic) bond motifs is 1. The van der Waals surface area contributed by atoms with E-state index < -0.39 is 10.0 Å². The van der Waals surface area contributed by atoms with Crippen molar-refractivity contribution in [1.29, 1.82) is 0 Å². The molecule has 1 aliphatic rings. The molecule has 1 unspecified atom stereocenters. The molecule has 1 fully saturated rings. The highest BCUT2D eigenvalue weighted by atomic mass is 32.2. The van der Waals surface area contributed by atoms with E-state index in [1.54, 1.807) is 24.4 Å². The van der Waals surface area contributed by atoms with Gasteiger partial charge >= 0.3 is 0 Å². The van der Waals surface area contributed by atoms with Crippen LogP contribution < -0.4 is 10.5 Å². The quantitative estimate of drug-likeness (QED) is 0.826. The standard InChI is InChI=1S/C14H17N3O3S/c15-12-3-4-13(14-11(12)2-1-6-16-14)21(18,19)17-8-10-5-7-20-9-10/h1-4,6,10,17H,5,7-9,15H2. The first-order valence-corrected chi connectivity index (χ1v) is 8.27. The summed E-state index contributed by atoms with van der Waals surface area (Å²) in [5.41, 5.74) is 6.78. The molecule has 2 aromatic rings.